The number of nitrogens with one attached hydrogen (secondary N) is 1. The van der Waals surface area contributed by atoms with Crippen molar-refractivity contribution < 1.29 is 5.11 Å². The van der Waals surface area contributed by atoms with Crippen LogP contribution in [0.5, 0.6) is 5.75 Å². The Labute approximate surface area is 85.0 Å². The molecule has 0 unspecified atom stereocenters. The molecule has 2 rings (SSSR count). The number of rotatable bonds is 3. The van der Waals surface area contributed by atoms with E-state index in [1.165, 1.54) is 19.3 Å². The monoisotopic (exact) mass is 191 g/mol. The molecule has 0 amide bonds. The van der Waals surface area contributed by atoms with Crippen LogP contribution in [0, 0.1) is 6.92 Å². The summed E-state index contributed by atoms with van der Waals surface area (Å²) in [5, 5.41) is 13.2. The van der Waals surface area contributed by atoms with Gasteiger partial charge in [0, 0.05) is 18.2 Å². The van der Waals surface area contributed by atoms with Crippen molar-refractivity contribution in [3.05, 3.63) is 29.3 Å². The minimum Gasteiger partial charge on any atom is -0.507 e. The summed E-state index contributed by atoms with van der Waals surface area (Å²) in [7, 11) is 0. The molecule has 0 aliphatic heterocycles. The van der Waals surface area contributed by atoms with Crippen LogP contribution < -0.4 is 5.32 Å². The topological polar surface area (TPSA) is 32.3 Å². The molecule has 2 nitrogen and oxygen atoms in total. The number of para-hydroxylation sites is 1. The van der Waals surface area contributed by atoms with E-state index in [2.05, 4.69) is 5.32 Å². The Kier molecular flexibility index (Phi) is 2.73. The maximum absolute atomic E-state index is 9.76. The number of hydrogen-bond donors (Lipinski definition) is 2. The Morgan fingerprint density at radius 1 is 1.43 bits per heavy atom. The van der Waals surface area contributed by atoms with Crippen LogP contribution in [0.15, 0.2) is 18.2 Å². The van der Waals surface area contributed by atoms with E-state index in [1.54, 1.807) is 0 Å². The molecule has 2 heteroatoms. The maximum Gasteiger partial charge on any atom is 0.122 e. The molecular weight excluding hydrogens is 174 g/mol. The van der Waals surface area contributed by atoms with Gasteiger partial charge in [0.2, 0.25) is 0 Å². The van der Waals surface area contributed by atoms with Crippen molar-refractivity contribution in [3.8, 4) is 5.75 Å². The minimum absolute atomic E-state index is 0.444. The van der Waals surface area contributed by atoms with Crippen molar-refractivity contribution in [2.75, 3.05) is 0 Å². The molecule has 2 N–H and O–H groups in total. The summed E-state index contributed by atoms with van der Waals surface area (Å²) in [6, 6.07) is 6.58. The van der Waals surface area contributed by atoms with Crippen LogP contribution in [-0.2, 0) is 6.54 Å². The first-order valence-corrected chi connectivity index (χ1v) is 5.28. The van der Waals surface area contributed by atoms with Crippen molar-refractivity contribution >= 4 is 0 Å². The fourth-order valence-electron chi connectivity index (χ4n) is 1.73. The Bertz CT molecular complexity index is 318. The average Bonchev–Trinajstić information content (AvgIpc) is 2.09. The molecule has 76 valence electrons. The molecule has 0 saturated heterocycles. The second-order valence-electron chi connectivity index (χ2n) is 4.09. The van der Waals surface area contributed by atoms with Crippen LogP contribution in [0.1, 0.15) is 30.4 Å². The number of aryl methyl sites for hydroxylation is 1. The molecule has 0 radical (unpaired) electrons. The summed E-state index contributed by atoms with van der Waals surface area (Å²) >= 11 is 0. The molecule has 1 aromatic rings. The van der Waals surface area contributed by atoms with Crippen LogP contribution >= 0.6 is 0 Å². The normalized spacial score (nSPS) is 16.6. The van der Waals surface area contributed by atoms with Gasteiger partial charge in [-0.05, 0) is 25.3 Å². The third-order valence-corrected chi connectivity index (χ3v) is 3.01. The lowest BCUT2D eigenvalue weighted by Gasteiger charge is -2.26. The molecule has 1 fully saturated rings. The first kappa shape index (κ1) is 9.53. The molecule has 0 bridgehead atoms. The summed E-state index contributed by atoms with van der Waals surface area (Å²) in [6.45, 7) is 2.72. The van der Waals surface area contributed by atoms with Crippen LogP contribution in [0.2, 0.25) is 0 Å². The smallest absolute Gasteiger partial charge is 0.122 e. The Hall–Kier alpha value is -1.02. The molecule has 0 spiro atoms. The molecule has 0 atom stereocenters. The zero-order valence-corrected chi connectivity index (χ0v) is 8.59. The molecular formula is C12H17NO. The van der Waals surface area contributed by atoms with Gasteiger partial charge in [0.05, 0.1) is 0 Å². The van der Waals surface area contributed by atoms with Crippen LogP contribution in [0.4, 0.5) is 0 Å². The SMILES string of the molecule is Cc1cccc(CNC2CCC2)c1O. The van der Waals surface area contributed by atoms with E-state index in [9.17, 15) is 5.11 Å². The molecule has 1 aliphatic carbocycles. The van der Waals surface area contributed by atoms with Gasteiger partial charge in [-0.25, -0.2) is 0 Å². The van der Waals surface area contributed by atoms with Crippen molar-refractivity contribution in [3.63, 3.8) is 0 Å². The third-order valence-electron chi connectivity index (χ3n) is 3.01. The zero-order chi connectivity index (χ0) is 9.97. The van der Waals surface area contributed by atoms with Gasteiger partial charge >= 0.3 is 0 Å². The highest BCUT2D eigenvalue weighted by Crippen LogP contribution is 2.23. The Balaban J connectivity index is 1.97. The predicted molar refractivity (Wildman–Crippen MR) is 57.3 cm³/mol. The predicted octanol–water partition coefficient (Wildman–Crippen LogP) is 2.34. The molecule has 1 aliphatic rings. The highest BCUT2D eigenvalue weighted by atomic mass is 16.3. The Morgan fingerprint density at radius 2 is 2.21 bits per heavy atom. The van der Waals surface area contributed by atoms with Crippen LogP contribution in [0.3, 0.4) is 0 Å². The van der Waals surface area contributed by atoms with E-state index < -0.39 is 0 Å². The standard InChI is InChI=1S/C12H17NO/c1-9-4-2-5-10(12(9)14)8-13-11-6-3-7-11/h2,4-5,11,13-14H,3,6-8H2,1H3. The number of phenolic OH excluding ortho intramolecular Hbond substituents is 1. The molecule has 1 aromatic carbocycles. The van der Waals surface area contributed by atoms with Gasteiger partial charge in [-0.15, -0.1) is 0 Å². The Morgan fingerprint density at radius 3 is 2.86 bits per heavy atom. The van der Waals surface area contributed by atoms with E-state index in [0.717, 1.165) is 17.7 Å². The van der Waals surface area contributed by atoms with Gasteiger partial charge in [0.25, 0.3) is 0 Å². The first-order chi connectivity index (χ1) is 6.77. The molecule has 14 heavy (non-hydrogen) atoms. The van der Waals surface area contributed by atoms with Gasteiger partial charge in [-0.2, -0.15) is 0 Å². The van der Waals surface area contributed by atoms with Gasteiger partial charge in [0.15, 0.2) is 0 Å². The summed E-state index contributed by atoms with van der Waals surface area (Å²) in [4.78, 5) is 0. The quantitative estimate of drug-likeness (QED) is 0.768. The van der Waals surface area contributed by atoms with E-state index in [0.29, 0.717) is 11.8 Å². The maximum atomic E-state index is 9.76. The second kappa shape index (κ2) is 4.01. The summed E-state index contributed by atoms with van der Waals surface area (Å²) in [5.41, 5.74) is 1.97. The number of hydrogen-bond acceptors (Lipinski definition) is 2. The van der Waals surface area contributed by atoms with E-state index >= 15 is 0 Å². The molecule has 1 saturated carbocycles. The largest absolute Gasteiger partial charge is 0.507 e. The fraction of sp³-hybridized carbons (Fsp3) is 0.500. The van der Waals surface area contributed by atoms with Crippen molar-refractivity contribution in [2.24, 2.45) is 0 Å². The molecule has 0 aromatic heterocycles. The van der Waals surface area contributed by atoms with E-state index in [4.69, 9.17) is 0 Å². The van der Waals surface area contributed by atoms with E-state index in [-0.39, 0.29) is 0 Å². The third kappa shape index (κ3) is 1.90. The van der Waals surface area contributed by atoms with Crippen LogP contribution in [0.25, 0.3) is 0 Å². The van der Waals surface area contributed by atoms with E-state index in [1.807, 2.05) is 25.1 Å². The summed E-state index contributed by atoms with van der Waals surface area (Å²) in [6.07, 6.45) is 3.91. The van der Waals surface area contributed by atoms with Crippen molar-refractivity contribution in [1.82, 2.24) is 5.32 Å². The molecule has 0 heterocycles. The highest BCUT2D eigenvalue weighted by molar-refractivity contribution is 5.39. The lowest BCUT2D eigenvalue weighted by atomic mass is 9.93. The van der Waals surface area contributed by atoms with Gasteiger partial charge in [-0.3, -0.25) is 0 Å². The average molecular weight is 191 g/mol. The highest BCUT2D eigenvalue weighted by Gasteiger charge is 2.16. The number of aromatic hydroxyl groups is 1. The summed E-state index contributed by atoms with van der Waals surface area (Å²) in [5.74, 6) is 0.444. The lowest BCUT2D eigenvalue weighted by molar-refractivity contribution is 0.335. The number of benzene rings is 1. The minimum atomic E-state index is 0.444. The van der Waals surface area contributed by atoms with Gasteiger partial charge in [-0.1, -0.05) is 24.6 Å². The van der Waals surface area contributed by atoms with Crippen molar-refractivity contribution in [1.29, 1.82) is 0 Å². The van der Waals surface area contributed by atoms with Crippen LogP contribution in [-0.4, -0.2) is 11.1 Å². The van der Waals surface area contributed by atoms with Crippen molar-refractivity contribution in [2.45, 2.75) is 38.8 Å². The summed E-state index contributed by atoms with van der Waals surface area (Å²) < 4.78 is 0. The fourth-order valence-corrected chi connectivity index (χ4v) is 1.73. The zero-order valence-electron chi connectivity index (χ0n) is 8.59. The van der Waals surface area contributed by atoms with Gasteiger partial charge < -0.3 is 10.4 Å². The lowest BCUT2D eigenvalue weighted by Crippen LogP contribution is -2.34. The first-order valence-electron chi connectivity index (χ1n) is 5.28. The second-order valence-corrected chi connectivity index (χ2v) is 4.09. The number of phenols is 1. The van der Waals surface area contributed by atoms with Gasteiger partial charge in [0.1, 0.15) is 5.75 Å².